The van der Waals surface area contributed by atoms with Crippen molar-refractivity contribution in [3.8, 4) is 0 Å². The lowest BCUT2D eigenvalue weighted by molar-refractivity contribution is 0.0784. The van der Waals surface area contributed by atoms with Crippen LogP contribution in [0.5, 0.6) is 0 Å². The van der Waals surface area contributed by atoms with E-state index in [2.05, 4.69) is 6.92 Å². The third-order valence-electron chi connectivity index (χ3n) is 2.39. The number of hydrogen-bond donors (Lipinski definition) is 3. The van der Waals surface area contributed by atoms with Crippen LogP contribution in [0.4, 0.5) is 0 Å². The molecular weight excluding hydrogens is 182 g/mol. The first kappa shape index (κ1) is 13.8. The van der Waals surface area contributed by atoms with E-state index < -0.39 is 0 Å². The molecule has 0 aromatic rings. The fraction of sp³-hybridized carbons (Fsp3) is 1.00. The molecule has 14 heavy (non-hydrogen) atoms. The first-order chi connectivity index (χ1) is 6.79. The first-order valence-electron chi connectivity index (χ1n) is 5.36. The molecule has 4 heteroatoms. The summed E-state index contributed by atoms with van der Waals surface area (Å²) in [7, 11) is 0. The molecule has 0 aliphatic rings. The van der Waals surface area contributed by atoms with E-state index in [0.717, 1.165) is 19.3 Å². The Bertz CT molecular complexity index is 116. The van der Waals surface area contributed by atoms with Crippen LogP contribution in [0.15, 0.2) is 0 Å². The van der Waals surface area contributed by atoms with Gasteiger partial charge in [-0.15, -0.1) is 0 Å². The number of aliphatic hydroxyl groups is 3. The minimum absolute atomic E-state index is 0.0720. The predicted octanol–water partition coefficient (Wildman–Crippen LogP) is -0.176. The van der Waals surface area contributed by atoms with Gasteiger partial charge in [0.25, 0.3) is 0 Å². The second-order valence-electron chi connectivity index (χ2n) is 3.46. The second-order valence-corrected chi connectivity index (χ2v) is 3.46. The molecule has 0 heterocycles. The van der Waals surface area contributed by atoms with Gasteiger partial charge in [0.05, 0.1) is 19.8 Å². The van der Waals surface area contributed by atoms with Crippen LogP contribution in [-0.2, 0) is 0 Å². The molecule has 0 rings (SSSR count). The lowest BCUT2D eigenvalue weighted by atomic mass is 10.1. The van der Waals surface area contributed by atoms with Crippen LogP contribution in [0.3, 0.4) is 0 Å². The fourth-order valence-corrected chi connectivity index (χ4v) is 1.56. The summed E-state index contributed by atoms with van der Waals surface area (Å²) < 4.78 is 0. The molecule has 1 unspecified atom stereocenters. The Kier molecular flexibility index (Phi) is 9.29. The number of hydrogen-bond acceptors (Lipinski definition) is 4. The van der Waals surface area contributed by atoms with E-state index in [9.17, 15) is 5.11 Å². The zero-order valence-corrected chi connectivity index (χ0v) is 9.02. The van der Waals surface area contributed by atoms with Gasteiger partial charge in [0.15, 0.2) is 0 Å². The lowest BCUT2D eigenvalue weighted by Gasteiger charge is -2.29. The lowest BCUT2D eigenvalue weighted by Crippen LogP contribution is -2.41. The average Bonchev–Trinajstić information content (AvgIpc) is 2.19. The molecule has 0 amide bonds. The molecular formula is C10H23NO3. The van der Waals surface area contributed by atoms with E-state index in [1.54, 1.807) is 0 Å². The quantitative estimate of drug-likeness (QED) is 0.489. The van der Waals surface area contributed by atoms with Crippen LogP contribution in [0, 0.1) is 0 Å². The van der Waals surface area contributed by atoms with Gasteiger partial charge in [0, 0.05) is 19.1 Å². The minimum atomic E-state index is 0.0720. The summed E-state index contributed by atoms with van der Waals surface area (Å²) >= 11 is 0. The highest BCUT2D eigenvalue weighted by atomic mass is 16.3. The van der Waals surface area contributed by atoms with Gasteiger partial charge < -0.3 is 15.3 Å². The monoisotopic (exact) mass is 205 g/mol. The zero-order chi connectivity index (χ0) is 10.8. The smallest absolute Gasteiger partial charge is 0.0586 e. The first-order valence-corrected chi connectivity index (χ1v) is 5.36. The van der Waals surface area contributed by atoms with E-state index in [0.29, 0.717) is 13.1 Å². The van der Waals surface area contributed by atoms with E-state index >= 15 is 0 Å². The Morgan fingerprint density at radius 3 is 2.00 bits per heavy atom. The molecule has 1 atom stereocenters. The molecule has 0 aromatic heterocycles. The predicted molar refractivity (Wildman–Crippen MR) is 56.1 cm³/mol. The summed E-state index contributed by atoms with van der Waals surface area (Å²) in [5.41, 5.74) is 0. The van der Waals surface area contributed by atoms with Crippen molar-refractivity contribution in [3.05, 3.63) is 0 Å². The van der Waals surface area contributed by atoms with Crippen molar-refractivity contribution in [2.75, 3.05) is 32.9 Å². The number of rotatable bonds is 9. The topological polar surface area (TPSA) is 63.9 Å². The summed E-state index contributed by atoms with van der Waals surface area (Å²) in [5, 5.41) is 26.8. The average molecular weight is 205 g/mol. The van der Waals surface area contributed by atoms with Crippen LogP contribution in [0.1, 0.15) is 26.2 Å². The summed E-state index contributed by atoms with van der Waals surface area (Å²) in [6.45, 7) is 3.40. The molecule has 0 spiro atoms. The van der Waals surface area contributed by atoms with Gasteiger partial charge in [-0.2, -0.15) is 0 Å². The molecule has 4 nitrogen and oxygen atoms in total. The Balaban J connectivity index is 3.96. The van der Waals surface area contributed by atoms with Gasteiger partial charge in [-0.1, -0.05) is 19.8 Å². The van der Waals surface area contributed by atoms with Crippen molar-refractivity contribution in [1.29, 1.82) is 0 Å². The molecule has 86 valence electrons. The van der Waals surface area contributed by atoms with Crippen LogP contribution in [-0.4, -0.2) is 59.2 Å². The zero-order valence-electron chi connectivity index (χ0n) is 9.02. The van der Waals surface area contributed by atoms with Crippen molar-refractivity contribution in [3.63, 3.8) is 0 Å². The molecule has 0 saturated heterocycles. The summed E-state index contributed by atoms with van der Waals surface area (Å²) in [5.74, 6) is 0. The van der Waals surface area contributed by atoms with Gasteiger partial charge in [0.2, 0.25) is 0 Å². The molecule has 0 aliphatic heterocycles. The number of nitrogens with zero attached hydrogens (tertiary/aromatic N) is 1. The normalized spacial score (nSPS) is 13.5. The van der Waals surface area contributed by atoms with E-state index in [1.807, 2.05) is 4.90 Å². The fourth-order valence-electron chi connectivity index (χ4n) is 1.56. The Hall–Kier alpha value is -0.160. The molecule has 3 N–H and O–H groups in total. The van der Waals surface area contributed by atoms with Gasteiger partial charge >= 0.3 is 0 Å². The van der Waals surface area contributed by atoms with E-state index in [-0.39, 0.29) is 25.9 Å². The minimum Gasteiger partial charge on any atom is -0.395 e. The van der Waals surface area contributed by atoms with Gasteiger partial charge in [-0.3, -0.25) is 4.90 Å². The van der Waals surface area contributed by atoms with Crippen LogP contribution < -0.4 is 0 Å². The van der Waals surface area contributed by atoms with Gasteiger partial charge in [0.1, 0.15) is 0 Å². The third-order valence-corrected chi connectivity index (χ3v) is 2.39. The van der Waals surface area contributed by atoms with Gasteiger partial charge in [-0.05, 0) is 6.42 Å². The highest BCUT2D eigenvalue weighted by Crippen LogP contribution is 2.07. The van der Waals surface area contributed by atoms with Crippen LogP contribution >= 0.6 is 0 Å². The Labute approximate surface area is 86.2 Å². The maximum atomic E-state index is 9.17. The van der Waals surface area contributed by atoms with Crippen LogP contribution in [0.2, 0.25) is 0 Å². The third kappa shape index (κ3) is 5.54. The van der Waals surface area contributed by atoms with E-state index in [4.69, 9.17) is 10.2 Å². The van der Waals surface area contributed by atoms with Crippen molar-refractivity contribution >= 4 is 0 Å². The SMILES string of the molecule is CCCCC(CO)N(CCO)CCO. The standard InChI is InChI=1S/C10H23NO3/c1-2-3-4-10(9-14)11(5-7-12)6-8-13/h10,12-14H,2-9H2,1H3. The molecule has 0 bridgehead atoms. The molecule has 0 aromatic carbocycles. The van der Waals surface area contributed by atoms with E-state index in [1.165, 1.54) is 0 Å². The summed E-state index contributed by atoms with van der Waals surface area (Å²) in [6, 6.07) is 0.0780. The molecule has 0 fully saturated rings. The summed E-state index contributed by atoms with van der Waals surface area (Å²) in [4.78, 5) is 1.94. The highest BCUT2D eigenvalue weighted by Gasteiger charge is 2.15. The molecule has 0 aliphatic carbocycles. The van der Waals surface area contributed by atoms with Crippen molar-refractivity contribution in [1.82, 2.24) is 4.90 Å². The van der Waals surface area contributed by atoms with Crippen LogP contribution in [0.25, 0.3) is 0 Å². The maximum Gasteiger partial charge on any atom is 0.0586 e. The Morgan fingerprint density at radius 1 is 1.07 bits per heavy atom. The Morgan fingerprint density at radius 2 is 1.64 bits per heavy atom. The van der Waals surface area contributed by atoms with Crippen molar-refractivity contribution in [2.24, 2.45) is 0 Å². The summed E-state index contributed by atoms with van der Waals surface area (Å²) in [6.07, 6.45) is 3.09. The molecule has 0 saturated carbocycles. The van der Waals surface area contributed by atoms with Gasteiger partial charge in [-0.25, -0.2) is 0 Å². The second kappa shape index (κ2) is 9.40. The highest BCUT2D eigenvalue weighted by molar-refractivity contribution is 4.70. The number of aliphatic hydroxyl groups excluding tert-OH is 3. The van der Waals surface area contributed by atoms with Crippen molar-refractivity contribution in [2.45, 2.75) is 32.2 Å². The molecule has 0 radical (unpaired) electrons. The number of unbranched alkanes of at least 4 members (excludes halogenated alkanes) is 1. The largest absolute Gasteiger partial charge is 0.395 e. The maximum absolute atomic E-state index is 9.17. The van der Waals surface area contributed by atoms with Crippen molar-refractivity contribution < 1.29 is 15.3 Å².